The first-order chi connectivity index (χ1) is 5.25. The topological polar surface area (TPSA) is 46.2 Å². The van der Waals surface area contributed by atoms with Crippen LogP contribution in [0.25, 0.3) is 0 Å². The molecule has 82 valence electrons. The van der Waals surface area contributed by atoms with E-state index in [9.17, 15) is 13.2 Å². The summed E-state index contributed by atoms with van der Waals surface area (Å²) in [5.74, 6) is -0.196. The largest absolute Gasteiger partial charge is 0.403 e. The molecule has 0 aromatic carbocycles. The van der Waals surface area contributed by atoms with Crippen LogP contribution in [0.3, 0.4) is 0 Å². The molecule has 0 heterocycles. The van der Waals surface area contributed by atoms with Crippen molar-refractivity contribution in [1.82, 2.24) is 0 Å². The number of aliphatic hydroxyl groups excluding tert-OH is 1. The molecule has 0 unspecified atom stereocenters. The fourth-order valence-corrected chi connectivity index (χ4v) is 0.666. The molecule has 2 atom stereocenters. The first-order valence-corrected chi connectivity index (χ1v) is 3.75. The lowest BCUT2D eigenvalue weighted by Gasteiger charge is -2.21. The quantitative estimate of drug-likeness (QED) is 0.762. The molecule has 0 aromatic rings. The van der Waals surface area contributed by atoms with E-state index in [-0.39, 0.29) is 18.3 Å². The summed E-state index contributed by atoms with van der Waals surface area (Å²) in [4.78, 5) is 0. The van der Waals surface area contributed by atoms with Crippen LogP contribution in [0.2, 0.25) is 0 Å². The summed E-state index contributed by atoms with van der Waals surface area (Å²) >= 11 is 0. The molecular weight excluding hydrogens is 207 g/mol. The van der Waals surface area contributed by atoms with Gasteiger partial charge in [0.25, 0.3) is 0 Å². The van der Waals surface area contributed by atoms with Crippen molar-refractivity contribution < 1.29 is 18.3 Å². The van der Waals surface area contributed by atoms with E-state index in [1.54, 1.807) is 13.8 Å². The predicted molar refractivity (Wildman–Crippen MR) is 46.7 cm³/mol. The van der Waals surface area contributed by atoms with E-state index in [4.69, 9.17) is 10.8 Å². The number of alkyl halides is 3. The van der Waals surface area contributed by atoms with E-state index in [0.29, 0.717) is 0 Å². The van der Waals surface area contributed by atoms with Crippen molar-refractivity contribution >= 4 is 12.4 Å². The predicted octanol–water partition coefficient (Wildman–Crippen LogP) is 1.70. The molecule has 2 nitrogen and oxygen atoms in total. The number of aliphatic hydroxyl groups is 1. The second-order valence-electron chi connectivity index (χ2n) is 3.20. The van der Waals surface area contributed by atoms with Crippen molar-refractivity contribution in [2.75, 3.05) is 0 Å². The molecule has 0 saturated carbocycles. The highest BCUT2D eigenvalue weighted by molar-refractivity contribution is 5.85. The molecule has 0 aliphatic rings. The molecule has 0 aliphatic carbocycles. The van der Waals surface area contributed by atoms with Crippen LogP contribution < -0.4 is 5.73 Å². The summed E-state index contributed by atoms with van der Waals surface area (Å²) in [6.45, 7) is 3.29. The van der Waals surface area contributed by atoms with Gasteiger partial charge in [0.2, 0.25) is 0 Å². The highest BCUT2D eigenvalue weighted by atomic mass is 35.5. The minimum atomic E-state index is -4.41. The van der Waals surface area contributed by atoms with Gasteiger partial charge >= 0.3 is 6.18 Å². The first-order valence-electron chi connectivity index (χ1n) is 3.75. The van der Waals surface area contributed by atoms with Gasteiger partial charge in [-0.2, -0.15) is 13.2 Å². The number of halogens is 4. The maximum Gasteiger partial charge on any atom is 0.403 e. The molecule has 0 fully saturated rings. The van der Waals surface area contributed by atoms with Crippen molar-refractivity contribution in [3.63, 3.8) is 0 Å². The number of nitrogens with two attached hydrogens (primary N) is 1. The van der Waals surface area contributed by atoms with Gasteiger partial charge in [-0.05, 0) is 12.3 Å². The lowest BCUT2D eigenvalue weighted by molar-refractivity contribution is -0.154. The lowest BCUT2D eigenvalue weighted by Crippen LogP contribution is -2.41. The molecule has 0 aromatic heterocycles. The van der Waals surface area contributed by atoms with Crippen LogP contribution in [0, 0.1) is 5.92 Å². The fraction of sp³-hybridized carbons (Fsp3) is 1.00. The third kappa shape index (κ3) is 6.12. The summed E-state index contributed by atoms with van der Waals surface area (Å²) in [6.07, 6.45) is -5.82. The molecular formula is C7H15ClF3NO. The molecule has 3 N–H and O–H groups in total. The molecule has 13 heavy (non-hydrogen) atoms. The summed E-state index contributed by atoms with van der Waals surface area (Å²) in [5, 5.41) is 9.08. The molecule has 0 aliphatic heterocycles. The zero-order valence-electron chi connectivity index (χ0n) is 7.51. The number of rotatable bonds is 3. The highest BCUT2D eigenvalue weighted by Crippen LogP contribution is 2.23. The molecule has 0 rings (SSSR count). The fourth-order valence-electron chi connectivity index (χ4n) is 0.666. The first kappa shape index (κ1) is 15.5. The smallest absolute Gasteiger partial charge is 0.393 e. The van der Waals surface area contributed by atoms with E-state index in [1.165, 1.54) is 0 Å². The van der Waals surface area contributed by atoms with Gasteiger partial charge in [0.05, 0.1) is 6.10 Å². The van der Waals surface area contributed by atoms with Crippen LogP contribution in [0.4, 0.5) is 13.2 Å². The molecule has 0 bridgehead atoms. The lowest BCUT2D eigenvalue weighted by atomic mass is 10.00. The van der Waals surface area contributed by atoms with E-state index in [1.807, 2.05) is 0 Å². The Morgan fingerprint density at radius 3 is 1.92 bits per heavy atom. The normalized spacial score (nSPS) is 16.6. The second kappa shape index (κ2) is 5.67. The van der Waals surface area contributed by atoms with Crippen molar-refractivity contribution in [3.05, 3.63) is 0 Å². The zero-order chi connectivity index (χ0) is 9.94. The third-order valence-electron chi connectivity index (χ3n) is 1.69. The highest BCUT2D eigenvalue weighted by Gasteiger charge is 2.38. The van der Waals surface area contributed by atoms with Crippen molar-refractivity contribution in [1.29, 1.82) is 0 Å². The Balaban J connectivity index is 0. The Morgan fingerprint density at radius 1 is 1.31 bits per heavy atom. The van der Waals surface area contributed by atoms with Gasteiger partial charge in [0, 0.05) is 0 Å². The minimum absolute atomic E-state index is 0. The van der Waals surface area contributed by atoms with Gasteiger partial charge in [-0.1, -0.05) is 13.8 Å². The molecule has 6 heteroatoms. The Bertz CT molecular complexity index is 140. The summed E-state index contributed by atoms with van der Waals surface area (Å²) in [7, 11) is 0. The van der Waals surface area contributed by atoms with Crippen LogP contribution in [-0.2, 0) is 0 Å². The number of hydrogen-bond donors (Lipinski definition) is 2. The van der Waals surface area contributed by atoms with Gasteiger partial charge in [0.1, 0.15) is 6.04 Å². The Morgan fingerprint density at radius 2 is 1.69 bits per heavy atom. The average Bonchev–Trinajstić information content (AvgIpc) is 1.85. The summed E-state index contributed by atoms with van der Waals surface area (Å²) in [5.41, 5.74) is 4.80. The molecule has 0 saturated heterocycles. The van der Waals surface area contributed by atoms with Gasteiger partial charge < -0.3 is 10.8 Å². The monoisotopic (exact) mass is 221 g/mol. The number of hydrogen-bond acceptors (Lipinski definition) is 2. The molecule has 0 spiro atoms. The standard InChI is InChI=1S/C7H14F3NO.ClH/c1-4(2)5(12)3-6(11)7(8,9)10;/h4-6,12H,3,11H2,1-2H3;1H/t5-,6-;/m0./s1. The van der Waals surface area contributed by atoms with E-state index in [0.717, 1.165) is 0 Å². The van der Waals surface area contributed by atoms with Crippen molar-refractivity contribution in [2.24, 2.45) is 11.7 Å². The van der Waals surface area contributed by atoms with Crippen LogP contribution in [0.5, 0.6) is 0 Å². The summed E-state index contributed by atoms with van der Waals surface area (Å²) < 4.78 is 35.5. The van der Waals surface area contributed by atoms with Crippen LogP contribution in [0.1, 0.15) is 20.3 Å². The van der Waals surface area contributed by atoms with E-state index in [2.05, 4.69) is 0 Å². The Labute approximate surface area is 81.7 Å². The molecule has 0 radical (unpaired) electrons. The summed E-state index contributed by atoms with van der Waals surface area (Å²) in [6, 6.07) is -1.92. The Kier molecular flexibility index (Phi) is 6.75. The van der Waals surface area contributed by atoms with Crippen molar-refractivity contribution in [2.45, 2.75) is 38.6 Å². The van der Waals surface area contributed by atoms with Gasteiger partial charge in [-0.15, -0.1) is 12.4 Å². The minimum Gasteiger partial charge on any atom is -0.393 e. The van der Waals surface area contributed by atoms with Crippen LogP contribution in [-0.4, -0.2) is 23.4 Å². The van der Waals surface area contributed by atoms with Gasteiger partial charge in [-0.25, -0.2) is 0 Å². The Hall–Kier alpha value is -0.0000000000000000555. The maximum absolute atomic E-state index is 11.8. The van der Waals surface area contributed by atoms with Gasteiger partial charge in [-0.3, -0.25) is 0 Å². The molecule has 0 amide bonds. The van der Waals surface area contributed by atoms with Gasteiger partial charge in [0.15, 0.2) is 0 Å². The zero-order valence-corrected chi connectivity index (χ0v) is 8.32. The SMILES string of the molecule is CC(C)[C@@H](O)C[C@H](N)C(F)(F)F.Cl. The maximum atomic E-state index is 11.8. The third-order valence-corrected chi connectivity index (χ3v) is 1.69. The average molecular weight is 222 g/mol. The van der Waals surface area contributed by atoms with Crippen LogP contribution >= 0.6 is 12.4 Å². The van der Waals surface area contributed by atoms with E-state index >= 15 is 0 Å². The second-order valence-corrected chi connectivity index (χ2v) is 3.20. The van der Waals surface area contributed by atoms with Crippen LogP contribution in [0.15, 0.2) is 0 Å². The van der Waals surface area contributed by atoms with E-state index < -0.39 is 24.7 Å². The van der Waals surface area contributed by atoms with Crippen molar-refractivity contribution in [3.8, 4) is 0 Å².